The number of nitrogens with zero attached hydrogens (tertiary/aromatic N) is 4. The fourth-order valence-corrected chi connectivity index (χ4v) is 21.2. The van der Waals surface area contributed by atoms with E-state index in [9.17, 15) is 38.5 Å². The standard InChI is InChI=1S/2C22H28N2O4S.C21H28N2O3S.C19H24N2O2S2/c1-16-10-11-18-20(15-16)29(25,26)24(2)19-8-4-3-7-17(19)22(18)23-12-5-9-21-27-13-6-14-28-21;1-16-12-13-18-20(15-16)29(27,28)24(2)19-10-7-6-9-17(19)22(18)23-14-8-4-3-5-11-21(25)26;1-16-11-12-18-20(15-16)27(24,25)23(2)19-10-6-5-9-17(19)21(18)22-13-7-4-8-14-26-3;1-14-9-10-16-18(13-14)25(22,23)21(2)17-8-5-4-7-15(17)19(16)20-11-6-12-24-3/h3-4,7-8,10-11,15,21-23H,5-6,9,12-14H2,1-2H3;6-7,9-10,12-13,15,22-23H,3-5,8,11,14H2,1-2H3,(H,25,26);5-6,9-12,15,21-22H,4,7-8,13-14H2,1-3H3;4-5,7-10,13,19-20H,6,11-12H2,1-3H3. The van der Waals surface area contributed by atoms with E-state index in [0.29, 0.717) is 37.4 Å². The second-order valence-corrected chi connectivity index (χ2v) is 37.2. The maximum absolute atomic E-state index is 13.3. The van der Waals surface area contributed by atoms with E-state index < -0.39 is 46.1 Å². The van der Waals surface area contributed by atoms with Gasteiger partial charge in [0.2, 0.25) is 0 Å². The van der Waals surface area contributed by atoms with Gasteiger partial charge in [-0.3, -0.25) is 22.0 Å². The molecule has 26 heteroatoms. The van der Waals surface area contributed by atoms with Crippen LogP contribution in [0.3, 0.4) is 0 Å². The number of ether oxygens (including phenoxy) is 3. The van der Waals surface area contributed by atoms with Crippen LogP contribution in [0.1, 0.15) is 168 Å². The van der Waals surface area contributed by atoms with Crippen LogP contribution >= 0.6 is 11.8 Å². The van der Waals surface area contributed by atoms with Gasteiger partial charge in [-0.25, -0.2) is 33.7 Å². The quantitative estimate of drug-likeness (QED) is 0.0333. The Morgan fingerprint density at radius 3 is 1.04 bits per heavy atom. The van der Waals surface area contributed by atoms with Crippen molar-refractivity contribution in [1.82, 2.24) is 21.3 Å². The Labute approximate surface area is 657 Å². The first-order valence-electron chi connectivity index (χ1n) is 37.8. The van der Waals surface area contributed by atoms with Crippen molar-refractivity contribution >= 4 is 80.6 Å². The number of unbranched alkanes of at least 4 members (excludes halogenated alkanes) is 5. The fraction of sp³-hybridized carbons (Fsp3) is 0.417. The Balaban J connectivity index is 0.000000156. The number of hydrogen-bond donors (Lipinski definition) is 5. The minimum Gasteiger partial charge on any atom is -0.481 e. The van der Waals surface area contributed by atoms with Crippen LogP contribution in [0, 0.1) is 27.7 Å². The third-order valence-electron chi connectivity index (χ3n) is 20.6. The third kappa shape index (κ3) is 19.8. The molecule has 0 radical (unpaired) electrons. The number of methoxy groups -OCH3 is 1. The number of carboxylic acids is 1. The van der Waals surface area contributed by atoms with Gasteiger partial charge in [-0.2, -0.15) is 11.8 Å². The number of thioether (sulfide) groups is 1. The molecule has 0 bridgehead atoms. The van der Waals surface area contributed by atoms with Crippen molar-refractivity contribution in [2.24, 2.45) is 0 Å². The number of rotatable bonds is 25. The molecule has 5 aliphatic rings. The van der Waals surface area contributed by atoms with E-state index in [-0.39, 0.29) is 36.9 Å². The van der Waals surface area contributed by atoms with Crippen LogP contribution in [0.2, 0.25) is 0 Å². The average molecular weight is 1600 g/mol. The van der Waals surface area contributed by atoms with Crippen molar-refractivity contribution in [3.05, 3.63) is 237 Å². The summed E-state index contributed by atoms with van der Waals surface area (Å²) in [5.41, 5.74) is 13.7. The Morgan fingerprint density at radius 1 is 0.418 bits per heavy atom. The molecule has 5 N–H and O–H groups in total. The molecule has 1 fully saturated rings. The van der Waals surface area contributed by atoms with Crippen LogP contribution in [0.15, 0.2) is 189 Å². The predicted octanol–water partition coefficient (Wildman–Crippen LogP) is 14.4. The molecule has 4 atom stereocenters. The van der Waals surface area contributed by atoms with E-state index in [1.807, 2.05) is 185 Å². The van der Waals surface area contributed by atoms with E-state index in [1.54, 1.807) is 59.6 Å². The summed E-state index contributed by atoms with van der Waals surface area (Å²) in [7, 11) is -6.21. The Bertz CT molecular complexity index is 4950. The van der Waals surface area contributed by atoms with Crippen LogP contribution in [0.25, 0.3) is 0 Å². The molecule has 4 unspecified atom stereocenters. The summed E-state index contributed by atoms with van der Waals surface area (Å²) in [4.78, 5) is 12.1. The van der Waals surface area contributed by atoms with Crippen molar-refractivity contribution in [2.75, 3.05) is 111 Å². The molecular formula is C84H108N8O13S5. The number of carbonyl (C=O) groups is 1. The monoisotopic (exact) mass is 1600 g/mol. The van der Waals surface area contributed by atoms with Crippen LogP contribution in [0.5, 0.6) is 0 Å². The second kappa shape index (κ2) is 38.7. The van der Waals surface area contributed by atoms with Crippen molar-refractivity contribution in [3.8, 4) is 0 Å². The molecule has 592 valence electrons. The molecule has 13 rings (SSSR count). The van der Waals surface area contributed by atoms with Gasteiger partial charge in [0.15, 0.2) is 6.29 Å². The zero-order valence-electron chi connectivity index (χ0n) is 64.9. The summed E-state index contributed by atoms with van der Waals surface area (Å²) in [6, 6.07) is 52.8. The Hall–Kier alpha value is -7.70. The molecule has 5 heterocycles. The maximum Gasteiger partial charge on any atom is 0.303 e. The van der Waals surface area contributed by atoms with Gasteiger partial charge in [0.1, 0.15) is 0 Å². The number of carboxylic acid groups (broad SMARTS) is 1. The molecule has 0 aliphatic carbocycles. The van der Waals surface area contributed by atoms with E-state index in [2.05, 4.69) is 27.5 Å². The largest absolute Gasteiger partial charge is 0.481 e. The average Bonchev–Trinajstić information content (AvgIpc) is 1.63. The summed E-state index contributed by atoms with van der Waals surface area (Å²) in [5.74, 6) is 0.329. The summed E-state index contributed by atoms with van der Waals surface area (Å²) in [5, 5.41) is 23.0. The lowest BCUT2D eigenvalue weighted by Gasteiger charge is -2.24. The van der Waals surface area contributed by atoms with Crippen LogP contribution in [-0.2, 0) is 59.1 Å². The van der Waals surface area contributed by atoms with Gasteiger partial charge < -0.3 is 40.6 Å². The summed E-state index contributed by atoms with van der Waals surface area (Å²) in [6.07, 6.45) is 12.4. The number of sulfonamides is 4. The van der Waals surface area contributed by atoms with Gasteiger partial charge >= 0.3 is 5.97 Å². The van der Waals surface area contributed by atoms with Crippen molar-refractivity contribution in [2.45, 2.75) is 155 Å². The molecule has 0 amide bonds. The summed E-state index contributed by atoms with van der Waals surface area (Å²) >= 11 is 1.82. The van der Waals surface area contributed by atoms with Crippen LogP contribution < -0.4 is 38.5 Å². The number of hydrogen-bond acceptors (Lipinski definition) is 17. The molecule has 8 aromatic carbocycles. The molecular weight excluding hydrogens is 1490 g/mol. The van der Waals surface area contributed by atoms with Gasteiger partial charge in [-0.15, -0.1) is 0 Å². The minimum atomic E-state index is -3.64. The van der Waals surface area contributed by atoms with Gasteiger partial charge in [0.05, 0.1) is 79.7 Å². The van der Waals surface area contributed by atoms with Crippen molar-refractivity contribution < 1.29 is 57.8 Å². The van der Waals surface area contributed by atoms with E-state index in [0.717, 1.165) is 194 Å². The first kappa shape index (κ1) is 84.7. The van der Waals surface area contributed by atoms with Gasteiger partial charge in [0.25, 0.3) is 40.1 Å². The molecule has 1 saturated heterocycles. The Kier molecular flexibility index (Phi) is 29.8. The van der Waals surface area contributed by atoms with Crippen molar-refractivity contribution in [3.63, 3.8) is 0 Å². The van der Waals surface area contributed by atoms with E-state index in [1.165, 1.54) is 17.2 Å². The molecule has 21 nitrogen and oxygen atoms in total. The Morgan fingerprint density at radius 2 is 0.718 bits per heavy atom. The minimum absolute atomic E-state index is 0.131. The van der Waals surface area contributed by atoms with Gasteiger partial charge in [-0.1, -0.05) is 134 Å². The highest BCUT2D eigenvalue weighted by atomic mass is 32.2. The highest BCUT2D eigenvalue weighted by Gasteiger charge is 2.39. The van der Waals surface area contributed by atoms with E-state index in [4.69, 9.17) is 19.3 Å². The highest BCUT2D eigenvalue weighted by molar-refractivity contribution is 7.98. The van der Waals surface area contributed by atoms with E-state index >= 15 is 0 Å². The molecule has 5 aliphatic heterocycles. The molecule has 110 heavy (non-hydrogen) atoms. The lowest BCUT2D eigenvalue weighted by molar-refractivity contribution is -0.181. The number of fused-ring (bicyclic) bond motifs is 8. The SMILES string of the molecule is COCCCCCNC1c2ccccc2N(C)S(=O)(=O)c2cc(C)ccc21.CSCCCNC1c2ccccc2N(C)S(=O)(=O)c2cc(C)ccc21.Cc1ccc2c(c1)S(=O)(=O)N(C)c1ccccc1C2NCCCC1OCCCO1.Cc1ccc2c(c1)S(=O)(=O)N(C)c1ccccc1C2NCCCCCCC(=O)O. The maximum atomic E-state index is 13.3. The number of anilines is 4. The van der Waals surface area contributed by atoms with Crippen molar-refractivity contribution in [1.29, 1.82) is 0 Å². The van der Waals surface area contributed by atoms with Crippen LogP contribution in [-0.4, -0.2) is 144 Å². The number of benzene rings is 8. The zero-order chi connectivity index (χ0) is 78.9. The number of aliphatic carboxylic acids is 1. The van der Waals surface area contributed by atoms with Crippen LogP contribution in [0.4, 0.5) is 22.7 Å². The lowest BCUT2D eigenvalue weighted by Crippen LogP contribution is -2.28. The third-order valence-corrected chi connectivity index (χ3v) is 28.6. The number of aryl methyl sites for hydroxylation is 4. The second-order valence-electron chi connectivity index (χ2n) is 28.5. The first-order chi connectivity index (χ1) is 52.7. The molecule has 8 aromatic rings. The molecule has 0 saturated carbocycles. The zero-order valence-corrected chi connectivity index (χ0v) is 69.0. The smallest absolute Gasteiger partial charge is 0.303 e. The first-order valence-corrected chi connectivity index (χ1v) is 45.0. The van der Waals surface area contributed by atoms with Gasteiger partial charge in [0, 0.05) is 48.3 Å². The highest BCUT2D eigenvalue weighted by Crippen LogP contribution is 2.45. The summed E-state index contributed by atoms with van der Waals surface area (Å²) in [6.45, 7) is 13.1. The molecule has 0 aromatic heterocycles. The lowest BCUT2D eigenvalue weighted by atomic mass is 9.96. The normalized spacial score (nSPS) is 18.7. The van der Waals surface area contributed by atoms with Gasteiger partial charge in [-0.05, 0) is 239 Å². The predicted molar refractivity (Wildman–Crippen MR) is 441 cm³/mol. The topological polar surface area (TPSA) is 263 Å². The molecule has 0 spiro atoms. The number of para-hydroxylation sites is 4. The number of nitrogens with one attached hydrogen (secondary N) is 4. The summed E-state index contributed by atoms with van der Waals surface area (Å²) < 4.78 is 128. The fourth-order valence-electron chi connectivity index (χ4n) is 14.6.